The first kappa shape index (κ1) is 17.0. The zero-order valence-corrected chi connectivity index (χ0v) is 14.4. The fraction of sp³-hybridized carbons (Fsp3) is 0.100. The molecule has 6 N–H and O–H groups in total. The van der Waals surface area contributed by atoms with E-state index in [2.05, 4.69) is 20.5 Å². The minimum Gasteiger partial charge on any atom is -0.392 e. The van der Waals surface area contributed by atoms with Crippen LogP contribution >= 0.6 is 0 Å². The lowest BCUT2D eigenvalue weighted by Crippen LogP contribution is -2.27. The van der Waals surface area contributed by atoms with Crippen LogP contribution < -0.4 is 11.1 Å². The summed E-state index contributed by atoms with van der Waals surface area (Å²) in [6.07, 6.45) is 5.46. The smallest absolute Gasteiger partial charge is 0.245 e. The van der Waals surface area contributed by atoms with Gasteiger partial charge in [-0.2, -0.15) is 5.10 Å². The van der Waals surface area contributed by atoms with Crippen molar-refractivity contribution in [3.63, 3.8) is 0 Å². The summed E-state index contributed by atoms with van der Waals surface area (Å²) in [5.74, 6) is -0.307. The molecule has 1 atom stereocenters. The number of aromatic amines is 2. The molecule has 2 aromatic carbocycles. The fourth-order valence-corrected chi connectivity index (χ4v) is 3.09. The second kappa shape index (κ2) is 7.06. The molecule has 2 heterocycles. The van der Waals surface area contributed by atoms with E-state index in [1.165, 1.54) is 0 Å². The van der Waals surface area contributed by atoms with Gasteiger partial charge in [-0.1, -0.05) is 36.4 Å². The van der Waals surface area contributed by atoms with Gasteiger partial charge in [0.05, 0.1) is 24.0 Å². The molecule has 7 heteroatoms. The lowest BCUT2D eigenvalue weighted by molar-refractivity contribution is -0.117. The van der Waals surface area contributed by atoms with Crippen LogP contribution in [0.25, 0.3) is 22.0 Å². The van der Waals surface area contributed by atoms with Crippen molar-refractivity contribution >= 4 is 22.5 Å². The Kier molecular flexibility index (Phi) is 4.45. The van der Waals surface area contributed by atoms with Crippen LogP contribution in [0, 0.1) is 0 Å². The standard InChI is InChI=1S/C20H19N5O2/c21-18(13-6-4-12(11-26)5-7-13)20(27)25-17-3-1-2-15-16(10-22-19(15)17)14-8-23-24-9-14/h1-10,18,22,26H,11,21H2,(H,23,24)(H,25,27). The Hall–Kier alpha value is -3.42. The van der Waals surface area contributed by atoms with E-state index in [0.717, 1.165) is 27.6 Å². The number of hydrogen-bond acceptors (Lipinski definition) is 4. The van der Waals surface area contributed by atoms with Crippen molar-refractivity contribution in [3.05, 3.63) is 72.2 Å². The Labute approximate surface area is 155 Å². The van der Waals surface area contributed by atoms with Crippen molar-refractivity contribution in [2.24, 2.45) is 5.73 Å². The number of nitrogens with two attached hydrogens (primary N) is 1. The van der Waals surface area contributed by atoms with Crippen molar-refractivity contribution < 1.29 is 9.90 Å². The first-order valence-electron chi connectivity index (χ1n) is 8.53. The summed E-state index contributed by atoms with van der Waals surface area (Å²) in [7, 11) is 0. The maximum atomic E-state index is 12.6. The Bertz CT molecular complexity index is 1070. The van der Waals surface area contributed by atoms with Crippen LogP contribution in [-0.2, 0) is 11.4 Å². The summed E-state index contributed by atoms with van der Waals surface area (Å²) in [6, 6.07) is 11.9. The van der Waals surface area contributed by atoms with Gasteiger partial charge in [-0.15, -0.1) is 0 Å². The van der Waals surface area contributed by atoms with Crippen molar-refractivity contribution in [2.45, 2.75) is 12.6 Å². The van der Waals surface area contributed by atoms with Crippen LogP contribution in [0.1, 0.15) is 17.2 Å². The highest BCUT2D eigenvalue weighted by Gasteiger charge is 2.18. The monoisotopic (exact) mass is 361 g/mol. The maximum Gasteiger partial charge on any atom is 0.245 e. The van der Waals surface area contributed by atoms with Gasteiger partial charge in [0, 0.05) is 28.9 Å². The molecule has 4 aromatic rings. The average molecular weight is 361 g/mol. The van der Waals surface area contributed by atoms with E-state index in [1.807, 2.05) is 30.6 Å². The highest BCUT2D eigenvalue weighted by Crippen LogP contribution is 2.32. The molecule has 0 bridgehead atoms. The van der Waals surface area contributed by atoms with Gasteiger partial charge in [0.15, 0.2) is 0 Å². The highest BCUT2D eigenvalue weighted by molar-refractivity contribution is 6.06. The second-order valence-corrected chi connectivity index (χ2v) is 6.28. The molecule has 4 rings (SSSR count). The number of carbonyl (C=O) groups excluding carboxylic acids is 1. The largest absolute Gasteiger partial charge is 0.392 e. The van der Waals surface area contributed by atoms with Crippen LogP contribution in [0.2, 0.25) is 0 Å². The van der Waals surface area contributed by atoms with Gasteiger partial charge in [0.1, 0.15) is 6.04 Å². The number of nitrogens with zero attached hydrogens (tertiary/aromatic N) is 1. The van der Waals surface area contributed by atoms with Crippen LogP contribution in [0.4, 0.5) is 5.69 Å². The number of benzene rings is 2. The lowest BCUT2D eigenvalue weighted by atomic mass is 10.0. The molecular weight excluding hydrogens is 342 g/mol. The van der Waals surface area contributed by atoms with Crippen LogP contribution in [-0.4, -0.2) is 26.2 Å². The first-order valence-corrected chi connectivity index (χ1v) is 8.53. The third kappa shape index (κ3) is 3.21. The van der Waals surface area contributed by atoms with E-state index in [-0.39, 0.29) is 12.5 Å². The number of aliphatic hydroxyl groups is 1. The van der Waals surface area contributed by atoms with E-state index in [4.69, 9.17) is 10.8 Å². The van der Waals surface area contributed by atoms with Gasteiger partial charge in [-0.25, -0.2) is 0 Å². The van der Waals surface area contributed by atoms with Crippen molar-refractivity contribution in [3.8, 4) is 11.1 Å². The number of para-hydroxylation sites is 1. The van der Waals surface area contributed by atoms with E-state index in [9.17, 15) is 4.79 Å². The van der Waals surface area contributed by atoms with Crippen LogP contribution in [0.3, 0.4) is 0 Å². The molecule has 0 aliphatic rings. The van der Waals surface area contributed by atoms with Crippen molar-refractivity contribution in [1.29, 1.82) is 0 Å². The molecule has 1 unspecified atom stereocenters. The Morgan fingerprint density at radius 1 is 1.19 bits per heavy atom. The molecule has 0 spiro atoms. The number of carbonyl (C=O) groups is 1. The molecule has 0 fully saturated rings. The molecule has 2 aromatic heterocycles. The molecule has 0 saturated heterocycles. The molecule has 0 aliphatic heterocycles. The molecule has 1 amide bonds. The van der Waals surface area contributed by atoms with Gasteiger partial charge in [0.2, 0.25) is 5.91 Å². The Morgan fingerprint density at radius 2 is 2.00 bits per heavy atom. The molecule has 27 heavy (non-hydrogen) atoms. The number of anilines is 1. The first-order chi connectivity index (χ1) is 13.2. The van der Waals surface area contributed by atoms with Gasteiger partial charge < -0.3 is 21.1 Å². The van der Waals surface area contributed by atoms with Crippen LogP contribution in [0.5, 0.6) is 0 Å². The zero-order valence-electron chi connectivity index (χ0n) is 14.4. The number of H-pyrrole nitrogens is 2. The number of amides is 1. The second-order valence-electron chi connectivity index (χ2n) is 6.28. The number of aromatic nitrogens is 3. The van der Waals surface area contributed by atoms with Crippen molar-refractivity contribution in [2.75, 3.05) is 5.32 Å². The van der Waals surface area contributed by atoms with E-state index >= 15 is 0 Å². The fourth-order valence-electron chi connectivity index (χ4n) is 3.09. The number of hydrogen-bond donors (Lipinski definition) is 5. The van der Waals surface area contributed by atoms with Crippen molar-refractivity contribution in [1.82, 2.24) is 15.2 Å². The van der Waals surface area contributed by atoms with Gasteiger partial charge in [-0.05, 0) is 17.2 Å². The molecule has 0 aliphatic carbocycles. The molecule has 0 radical (unpaired) electrons. The third-order valence-corrected chi connectivity index (χ3v) is 4.59. The zero-order chi connectivity index (χ0) is 18.8. The normalized spacial score (nSPS) is 12.2. The quantitative estimate of drug-likeness (QED) is 0.375. The number of nitrogens with one attached hydrogen (secondary N) is 3. The summed E-state index contributed by atoms with van der Waals surface area (Å²) in [6.45, 7) is -0.0461. The van der Waals surface area contributed by atoms with E-state index in [1.54, 1.807) is 30.5 Å². The summed E-state index contributed by atoms with van der Waals surface area (Å²) in [5, 5.41) is 19.8. The van der Waals surface area contributed by atoms with Gasteiger partial charge in [-0.3, -0.25) is 9.89 Å². The SMILES string of the molecule is NC(C(=O)Nc1cccc2c(-c3cn[nH]c3)c[nH]c12)c1ccc(CO)cc1. The molecule has 7 nitrogen and oxygen atoms in total. The summed E-state index contributed by atoms with van der Waals surface area (Å²) < 4.78 is 0. The van der Waals surface area contributed by atoms with E-state index in [0.29, 0.717) is 11.3 Å². The summed E-state index contributed by atoms with van der Waals surface area (Å²) in [4.78, 5) is 15.9. The lowest BCUT2D eigenvalue weighted by Gasteiger charge is -2.13. The van der Waals surface area contributed by atoms with Crippen LogP contribution in [0.15, 0.2) is 61.1 Å². The summed E-state index contributed by atoms with van der Waals surface area (Å²) in [5.41, 5.74) is 11.0. The number of rotatable bonds is 5. The summed E-state index contributed by atoms with van der Waals surface area (Å²) >= 11 is 0. The third-order valence-electron chi connectivity index (χ3n) is 4.59. The highest BCUT2D eigenvalue weighted by atomic mass is 16.3. The minimum atomic E-state index is -0.809. The predicted octanol–water partition coefficient (Wildman–Crippen LogP) is 2.69. The van der Waals surface area contributed by atoms with E-state index < -0.39 is 6.04 Å². The molecule has 136 valence electrons. The number of fused-ring (bicyclic) bond motifs is 1. The Balaban J connectivity index is 1.60. The average Bonchev–Trinajstić information content (AvgIpc) is 3.37. The molecule has 0 saturated carbocycles. The minimum absolute atomic E-state index is 0.0461. The maximum absolute atomic E-state index is 12.6. The van der Waals surface area contributed by atoms with Gasteiger partial charge in [0.25, 0.3) is 0 Å². The molecular formula is C20H19N5O2. The Morgan fingerprint density at radius 3 is 2.70 bits per heavy atom. The number of aliphatic hydroxyl groups excluding tert-OH is 1. The van der Waals surface area contributed by atoms with Gasteiger partial charge >= 0.3 is 0 Å². The predicted molar refractivity (Wildman–Crippen MR) is 104 cm³/mol. The topological polar surface area (TPSA) is 120 Å².